The first-order valence-electron chi connectivity index (χ1n) is 7.63. The molecule has 0 bridgehead atoms. The monoisotopic (exact) mass is 418 g/mol. The van der Waals surface area contributed by atoms with E-state index in [1.165, 1.54) is 3.57 Å². The van der Waals surface area contributed by atoms with E-state index in [1.807, 2.05) is 26.8 Å². The topological polar surface area (TPSA) is 50.4 Å². The zero-order chi connectivity index (χ0) is 16.8. The van der Waals surface area contributed by atoms with Crippen molar-refractivity contribution in [2.24, 2.45) is 11.8 Å². The van der Waals surface area contributed by atoms with Gasteiger partial charge < -0.3 is 15.4 Å². The molecule has 4 nitrogen and oxygen atoms in total. The maximum absolute atomic E-state index is 11.7. The van der Waals surface area contributed by atoms with Crippen LogP contribution < -0.4 is 10.6 Å². The molecule has 5 heteroatoms. The van der Waals surface area contributed by atoms with Crippen LogP contribution in [0.1, 0.15) is 34.6 Å². The van der Waals surface area contributed by atoms with Gasteiger partial charge in [-0.3, -0.25) is 0 Å². The van der Waals surface area contributed by atoms with E-state index in [4.69, 9.17) is 4.74 Å². The molecule has 1 rings (SSSR count). The van der Waals surface area contributed by atoms with Gasteiger partial charge in [-0.25, -0.2) is 4.79 Å². The SMILES string of the molecule is CC(C)C(CNC(=O)OC(C)(C)C)CNc1cccc(I)c1. The summed E-state index contributed by atoms with van der Waals surface area (Å²) in [6.07, 6.45) is -0.354. The molecule has 0 aliphatic rings. The Morgan fingerprint density at radius 3 is 2.50 bits per heavy atom. The van der Waals surface area contributed by atoms with Crippen molar-refractivity contribution in [2.75, 3.05) is 18.4 Å². The number of carbonyl (C=O) groups excluding carboxylic acids is 1. The van der Waals surface area contributed by atoms with Gasteiger partial charge >= 0.3 is 6.09 Å². The van der Waals surface area contributed by atoms with Gasteiger partial charge in [-0.05, 0) is 73.4 Å². The zero-order valence-electron chi connectivity index (χ0n) is 14.1. The Morgan fingerprint density at radius 2 is 1.95 bits per heavy atom. The van der Waals surface area contributed by atoms with Crippen molar-refractivity contribution in [3.05, 3.63) is 27.8 Å². The number of halogens is 1. The zero-order valence-corrected chi connectivity index (χ0v) is 16.2. The Balaban J connectivity index is 2.47. The molecular weight excluding hydrogens is 391 g/mol. The van der Waals surface area contributed by atoms with Crippen molar-refractivity contribution < 1.29 is 9.53 Å². The van der Waals surface area contributed by atoms with Crippen LogP contribution in [0.25, 0.3) is 0 Å². The van der Waals surface area contributed by atoms with Gasteiger partial charge in [-0.2, -0.15) is 0 Å². The van der Waals surface area contributed by atoms with E-state index in [-0.39, 0.29) is 6.09 Å². The molecule has 0 aromatic heterocycles. The summed E-state index contributed by atoms with van der Waals surface area (Å²) in [4.78, 5) is 11.7. The Labute approximate surface area is 147 Å². The predicted octanol–water partition coefficient (Wildman–Crippen LogP) is 4.50. The van der Waals surface area contributed by atoms with Crippen molar-refractivity contribution in [3.63, 3.8) is 0 Å². The molecule has 0 aliphatic carbocycles. The first kappa shape index (κ1) is 19.1. The first-order valence-corrected chi connectivity index (χ1v) is 8.71. The summed E-state index contributed by atoms with van der Waals surface area (Å²) < 4.78 is 6.48. The highest BCUT2D eigenvalue weighted by Crippen LogP contribution is 2.16. The van der Waals surface area contributed by atoms with Crippen molar-refractivity contribution in [2.45, 2.75) is 40.2 Å². The largest absolute Gasteiger partial charge is 0.444 e. The third-order valence-electron chi connectivity index (χ3n) is 3.24. The van der Waals surface area contributed by atoms with Gasteiger partial charge in [0, 0.05) is 22.3 Å². The Morgan fingerprint density at radius 1 is 1.27 bits per heavy atom. The fourth-order valence-corrected chi connectivity index (χ4v) is 2.46. The van der Waals surface area contributed by atoms with Gasteiger partial charge in [0.15, 0.2) is 0 Å². The number of ether oxygens (including phenoxy) is 1. The van der Waals surface area contributed by atoms with E-state index in [0.717, 1.165) is 12.2 Å². The number of anilines is 1. The van der Waals surface area contributed by atoms with Crippen LogP contribution in [0.3, 0.4) is 0 Å². The third-order valence-corrected chi connectivity index (χ3v) is 3.91. The molecule has 1 unspecified atom stereocenters. The van der Waals surface area contributed by atoms with Crippen molar-refractivity contribution >= 4 is 34.4 Å². The first-order chi connectivity index (χ1) is 10.2. The second-order valence-corrected chi connectivity index (χ2v) is 8.02. The Kier molecular flexibility index (Phi) is 7.45. The van der Waals surface area contributed by atoms with E-state index in [2.05, 4.69) is 65.3 Å². The number of amides is 1. The fraction of sp³-hybridized carbons (Fsp3) is 0.588. The summed E-state index contributed by atoms with van der Waals surface area (Å²) in [5, 5.41) is 6.31. The minimum Gasteiger partial charge on any atom is -0.444 e. The molecule has 0 saturated carbocycles. The molecule has 2 N–H and O–H groups in total. The van der Waals surface area contributed by atoms with Crippen LogP contribution in [0, 0.1) is 15.4 Å². The summed E-state index contributed by atoms with van der Waals surface area (Å²) in [5.41, 5.74) is 0.644. The van der Waals surface area contributed by atoms with E-state index in [1.54, 1.807) is 0 Å². The highest BCUT2D eigenvalue weighted by molar-refractivity contribution is 14.1. The van der Waals surface area contributed by atoms with Crippen LogP contribution in [-0.2, 0) is 4.74 Å². The second-order valence-electron chi connectivity index (χ2n) is 6.78. The number of hydrogen-bond donors (Lipinski definition) is 2. The number of alkyl carbamates (subject to hydrolysis) is 1. The highest BCUT2D eigenvalue weighted by atomic mass is 127. The predicted molar refractivity (Wildman–Crippen MR) is 100 cm³/mol. The lowest BCUT2D eigenvalue weighted by molar-refractivity contribution is 0.0516. The molecule has 1 amide bonds. The molecule has 0 heterocycles. The van der Waals surface area contributed by atoms with Crippen molar-refractivity contribution in [1.29, 1.82) is 0 Å². The van der Waals surface area contributed by atoms with Crippen LogP contribution in [-0.4, -0.2) is 24.8 Å². The quantitative estimate of drug-likeness (QED) is 0.669. The minimum atomic E-state index is -0.462. The van der Waals surface area contributed by atoms with Crippen LogP contribution in [0.5, 0.6) is 0 Å². The smallest absolute Gasteiger partial charge is 0.407 e. The van der Waals surface area contributed by atoms with Crippen LogP contribution >= 0.6 is 22.6 Å². The molecule has 0 saturated heterocycles. The lowest BCUT2D eigenvalue weighted by Gasteiger charge is -2.24. The lowest BCUT2D eigenvalue weighted by atomic mass is 9.95. The van der Waals surface area contributed by atoms with Crippen molar-refractivity contribution in [1.82, 2.24) is 5.32 Å². The number of rotatable bonds is 6. The lowest BCUT2D eigenvalue weighted by Crippen LogP contribution is -2.38. The molecule has 0 radical (unpaired) electrons. The van der Waals surface area contributed by atoms with E-state index >= 15 is 0 Å². The summed E-state index contributed by atoms with van der Waals surface area (Å²) in [6, 6.07) is 8.27. The second kappa shape index (κ2) is 8.60. The van der Waals surface area contributed by atoms with Gasteiger partial charge in [-0.15, -0.1) is 0 Å². The van der Waals surface area contributed by atoms with Gasteiger partial charge in [0.25, 0.3) is 0 Å². The molecule has 124 valence electrons. The highest BCUT2D eigenvalue weighted by Gasteiger charge is 2.19. The van der Waals surface area contributed by atoms with Crippen LogP contribution in [0.15, 0.2) is 24.3 Å². The average molecular weight is 418 g/mol. The van der Waals surface area contributed by atoms with Crippen LogP contribution in [0.4, 0.5) is 10.5 Å². The van der Waals surface area contributed by atoms with Gasteiger partial charge in [-0.1, -0.05) is 19.9 Å². The van der Waals surface area contributed by atoms with Gasteiger partial charge in [0.2, 0.25) is 0 Å². The third kappa shape index (κ3) is 7.87. The summed E-state index contributed by atoms with van der Waals surface area (Å²) in [7, 11) is 0. The average Bonchev–Trinajstić information content (AvgIpc) is 2.36. The Bertz CT molecular complexity index is 484. The minimum absolute atomic E-state index is 0.338. The van der Waals surface area contributed by atoms with E-state index in [0.29, 0.717) is 18.4 Å². The molecular formula is C17H27IN2O2. The standard InChI is InChI=1S/C17H27IN2O2/c1-12(2)13(11-20-16(21)22-17(3,4)5)10-19-15-8-6-7-14(18)9-15/h6-9,12-13,19H,10-11H2,1-5H3,(H,20,21). The summed E-state index contributed by atoms with van der Waals surface area (Å²) in [5.74, 6) is 0.801. The molecule has 0 aliphatic heterocycles. The number of nitrogens with one attached hydrogen (secondary N) is 2. The molecule has 0 fully saturated rings. The van der Waals surface area contributed by atoms with Crippen LogP contribution in [0.2, 0.25) is 0 Å². The molecule has 1 atom stereocenters. The molecule has 1 aromatic carbocycles. The van der Waals surface area contributed by atoms with Crippen molar-refractivity contribution in [3.8, 4) is 0 Å². The maximum Gasteiger partial charge on any atom is 0.407 e. The normalized spacial score (nSPS) is 12.9. The molecule has 22 heavy (non-hydrogen) atoms. The number of hydrogen-bond acceptors (Lipinski definition) is 3. The maximum atomic E-state index is 11.7. The van der Waals surface area contributed by atoms with E-state index < -0.39 is 5.60 Å². The van der Waals surface area contributed by atoms with Gasteiger partial charge in [0.05, 0.1) is 0 Å². The van der Waals surface area contributed by atoms with Gasteiger partial charge in [0.1, 0.15) is 5.60 Å². The number of carbonyl (C=O) groups is 1. The summed E-state index contributed by atoms with van der Waals surface area (Å²) >= 11 is 2.30. The molecule has 0 spiro atoms. The molecule has 1 aromatic rings. The Hall–Kier alpha value is -0.980. The fourth-order valence-electron chi connectivity index (χ4n) is 1.92. The summed E-state index contributed by atoms with van der Waals surface area (Å²) in [6.45, 7) is 11.3. The number of benzene rings is 1. The van der Waals surface area contributed by atoms with E-state index in [9.17, 15) is 4.79 Å².